The second kappa shape index (κ2) is 6.31. The van der Waals surface area contributed by atoms with Crippen LogP contribution in [-0.4, -0.2) is 33.3 Å². The standard InChI is InChI=1S/C21H18N6O3/c1-8-4-6-11(7-5-8)13-14-16-12(10(3)23-20(29)24-16)9(2)22-17(14)25-18-15(13)19(28)27-21(30)26-18/h4-7,12-13H,1-3H3,(H,24,29)(H2,26,27,28,30). The molecule has 0 spiro atoms. The second-order valence-electron chi connectivity index (χ2n) is 7.65. The summed E-state index contributed by atoms with van der Waals surface area (Å²) in [4.78, 5) is 55.0. The van der Waals surface area contributed by atoms with E-state index in [9.17, 15) is 14.4 Å². The van der Waals surface area contributed by atoms with Crippen molar-refractivity contribution in [3.63, 3.8) is 0 Å². The SMILES string of the molecule is CC1=NC(=O)NC2=C3C(=Nc4[nH]c(=O)[nH]c(=O)c4C3c3ccc(C)cc3)N=C(C)C12. The van der Waals surface area contributed by atoms with Crippen LogP contribution in [0, 0.1) is 12.8 Å². The number of urea groups is 1. The molecule has 150 valence electrons. The van der Waals surface area contributed by atoms with Crippen LogP contribution in [0.2, 0.25) is 0 Å². The largest absolute Gasteiger partial charge is 0.345 e. The van der Waals surface area contributed by atoms with Crippen molar-refractivity contribution < 1.29 is 4.79 Å². The molecule has 4 heterocycles. The summed E-state index contributed by atoms with van der Waals surface area (Å²) in [6.07, 6.45) is 0. The van der Waals surface area contributed by atoms with Crippen molar-refractivity contribution in [2.75, 3.05) is 0 Å². The number of carbonyl (C=O) groups excluding carboxylic acids is 1. The minimum Gasteiger partial charge on any atom is -0.308 e. The van der Waals surface area contributed by atoms with E-state index in [1.807, 2.05) is 38.1 Å². The number of nitrogens with one attached hydrogen (secondary N) is 3. The predicted molar refractivity (Wildman–Crippen MR) is 113 cm³/mol. The van der Waals surface area contributed by atoms with E-state index in [0.29, 0.717) is 28.4 Å². The Balaban J connectivity index is 1.88. The van der Waals surface area contributed by atoms with Gasteiger partial charge in [-0.1, -0.05) is 29.8 Å². The van der Waals surface area contributed by atoms with Gasteiger partial charge < -0.3 is 5.32 Å². The number of carbonyl (C=O) groups is 1. The van der Waals surface area contributed by atoms with Crippen molar-refractivity contribution >= 4 is 29.1 Å². The van der Waals surface area contributed by atoms with Gasteiger partial charge in [-0.25, -0.2) is 24.6 Å². The minimum absolute atomic E-state index is 0.177. The van der Waals surface area contributed by atoms with E-state index in [4.69, 9.17) is 0 Å². The van der Waals surface area contributed by atoms with Crippen molar-refractivity contribution in [2.24, 2.45) is 20.9 Å². The van der Waals surface area contributed by atoms with Gasteiger partial charge in [0.25, 0.3) is 5.56 Å². The van der Waals surface area contributed by atoms with Crippen molar-refractivity contribution in [1.29, 1.82) is 0 Å². The molecule has 0 bridgehead atoms. The molecule has 2 aromatic rings. The summed E-state index contributed by atoms with van der Waals surface area (Å²) in [5.41, 5.74) is 3.68. The molecule has 3 aliphatic rings. The van der Waals surface area contributed by atoms with Gasteiger partial charge in [0.2, 0.25) is 0 Å². The Morgan fingerprint density at radius 2 is 1.53 bits per heavy atom. The van der Waals surface area contributed by atoms with Crippen LogP contribution in [0.1, 0.15) is 36.5 Å². The van der Waals surface area contributed by atoms with Crippen LogP contribution in [0.3, 0.4) is 0 Å². The molecule has 1 aromatic heterocycles. The highest BCUT2D eigenvalue weighted by Gasteiger charge is 2.42. The fraction of sp³-hybridized carbons (Fsp3) is 0.238. The maximum Gasteiger partial charge on any atom is 0.345 e. The number of benzene rings is 1. The first kappa shape index (κ1) is 18.2. The summed E-state index contributed by atoms with van der Waals surface area (Å²) in [6, 6.07) is 7.29. The summed E-state index contributed by atoms with van der Waals surface area (Å²) >= 11 is 0. The van der Waals surface area contributed by atoms with Crippen molar-refractivity contribution in [3.8, 4) is 0 Å². The number of dihydropyridines is 1. The third-order valence-corrected chi connectivity index (χ3v) is 5.62. The third kappa shape index (κ3) is 2.62. The van der Waals surface area contributed by atoms with E-state index in [1.54, 1.807) is 6.92 Å². The molecule has 0 aliphatic carbocycles. The zero-order valence-electron chi connectivity index (χ0n) is 16.5. The molecular weight excluding hydrogens is 384 g/mol. The molecule has 1 aromatic carbocycles. The topological polar surface area (TPSA) is 132 Å². The van der Waals surface area contributed by atoms with Gasteiger partial charge in [-0.3, -0.25) is 14.8 Å². The van der Waals surface area contributed by atoms with Crippen molar-refractivity contribution in [1.82, 2.24) is 15.3 Å². The second-order valence-corrected chi connectivity index (χ2v) is 7.65. The highest BCUT2D eigenvalue weighted by molar-refractivity contribution is 6.22. The molecule has 3 N–H and O–H groups in total. The number of fused-ring (bicyclic) bond motifs is 3. The molecule has 5 rings (SSSR count). The summed E-state index contributed by atoms with van der Waals surface area (Å²) in [6.45, 7) is 5.60. The number of H-pyrrole nitrogens is 2. The Labute approximate surface area is 170 Å². The lowest BCUT2D eigenvalue weighted by Gasteiger charge is -2.35. The average Bonchev–Trinajstić information content (AvgIpc) is 2.66. The normalized spacial score (nSPS) is 22.2. The molecular formula is C21H18N6O3. The van der Waals surface area contributed by atoms with E-state index in [2.05, 4.69) is 30.3 Å². The molecule has 2 unspecified atom stereocenters. The first-order valence-electron chi connectivity index (χ1n) is 9.51. The number of aliphatic imine (C=N–C) groups is 3. The Morgan fingerprint density at radius 3 is 2.27 bits per heavy atom. The summed E-state index contributed by atoms with van der Waals surface area (Å²) < 4.78 is 0. The average molecular weight is 402 g/mol. The van der Waals surface area contributed by atoms with E-state index in [1.165, 1.54) is 0 Å². The molecule has 9 nitrogen and oxygen atoms in total. The number of aromatic amines is 2. The smallest absolute Gasteiger partial charge is 0.308 e. The lowest BCUT2D eigenvalue weighted by atomic mass is 9.77. The van der Waals surface area contributed by atoms with E-state index in [-0.39, 0.29) is 11.7 Å². The molecule has 0 fully saturated rings. The number of amidine groups is 1. The third-order valence-electron chi connectivity index (χ3n) is 5.62. The molecule has 0 radical (unpaired) electrons. The molecule has 2 amide bonds. The van der Waals surface area contributed by atoms with E-state index in [0.717, 1.165) is 16.8 Å². The highest BCUT2D eigenvalue weighted by atomic mass is 16.2. The van der Waals surface area contributed by atoms with Gasteiger partial charge in [-0.05, 0) is 26.3 Å². The molecule has 30 heavy (non-hydrogen) atoms. The van der Waals surface area contributed by atoms with Crippen LogP contribution in [0.5, 0.6) is 0 Å². The van der Waals surface area contributed by atoms with Crippen LogP contribution in [0.25, 0.3) is 0 Å². The summed E-state index contributed by atoms with van der Waals surface area (Å²) in [5.74, 6) is -0.313. The van der Waals surface area contributed by atoms with Gasteiger partial charge in [0, 0.05) is 28.6 Å². The van der Waals surface area contributed by atoms with Crippen LogP contribution >= 0.6 is 0 Å². The summed E-state index contributed by atoms with van der Waals surface area (Å²) in [7, 11) is 0. The predicted octanol–water partition coefficient (Wildman–Crippen LogP) is 2.08. The number of nitrogens with zero attached hydrogens (tertiary/aromatic N) is 3. The summed E-state index contributed by atoms with van der Waals surface area (Å²) in [5, 5.41) is 2.86. The van der Waals surface area contributed by atoms with E-state index < -0.39 is 23.2 Å². The quantitative estimate of drug-likeness (QED) is 0.674. The van der Waals surface area contributed by atoms with Crippen LogP contribution in [0.15, 0.2) is 60.1 Å². The number of aromatic nitrogens is 2. The van der Waals surface area contributed by atoms with Gasteiger partial charge in [0.15, 0.2) is 5.84 Å². The highest BCUT2D eigenvalue weighted by Crippen LogP contribution is 2.43. The minimum atomic E-state index is -0.634. The number of hydrogen-bond acceptors (Lipinski definition) is 5. The first-order valence-corrected chi connectivity index (χ1v) is 9.51. The maximum atomic E-state index is 12.8. The number of rotatable bonds is 1. The monoisotopic (exact) mass is 402 g/mol. The van der Waals surface area contributed by atoms with Crippen LogP contribution < -0.4 is 16.6 Å². The van der Waals surface area contributed by atoms with Crippen LogP contribution in [0.4, 0.5) is 10.6 Å². The number of hydrogen-bond donors (Lipinski definition) is 3. The molecule has 0 saturated carbocycles. The number of allylic oxidation sites excluding steroid dienone is 1. The van der Waals surface area contributed by atoms with Gasteiger partial charge in [-0.15, -0.1) is 0 Å². The Morgan fingerprint density at radius 1 is 0.833 bits per heavy atom. The zero-order chi connectivity index (χ0) is 21.2. The molecule has 0 saturated heterocycles. The zero-order valence-corrected chi connectivity index (χ0v) is 16.5. The van der Waals surface area contributed by atoms with Crippen molar-refractivity contribution in [3.05, 3.63) is 73.1 Å². The Hall–Kier alpha value is -3.88. The first-order chi connectivity index (χ1) is 14.3. The fourth-order valence-electron chi connectivity index (χ4n) is 4.35. The van der Waals surface area contributed by atoms with Gasteiger partial charge in [-0.2, -0.15) is 0 Å². The van der Waals surface area contributed by atoms with Crippen LogP contribution in [-0.2, 0) is 0 Å². The van der Waals surface area contributed by atoms with Gasteiger partial charge >= 0.3 is 11.7 Å². The van der Waals surface area contributed by atoms with Gasteiger partial charge in [0.05, 0.1) is 11.5 Å². The number of aryl methyl sites for hydroxylation is 1. The lowest BCUT2D eigenvalue weighted by molar-refractivity contribution is 0.250. The lowest BCUT2D eigenvalue weighted by Crippen LogP contribution is -2.44. The van der Waals surface area contributed by atoms with Gasteiger partial charge in [0.1, 0.15) is 5.82 Å². The fourth-order valence-corrected chi connectivity index (χ4v) is 4.35. The molecule has 2 atom stereocenters. The van der Waals surface area contributed by atoms with E-state index >= 15 is 0 Å². The Kier molecular flexibility index (Phi) is 3.82. The molecule has 3 aliphatic heterocycles. The van der Waals surface area contributed by atoms with Crippen molar-refractivity contribution in [2.45, 2.75) is 26.7 Å². The number of amides is 2. The maximum absolute atomic E-state index is 12.8. The Bertz CT molecular complexity index is 1350. The molecule has 9 heteroatoms.